The Hall–Kier alpha value is -2.87. The van der Waals surface area contributed by atoms with Gasteiger partial charge in [0.2, 0.25) is 0 Å². The second kappa shape index (κ2) is 8.34. The third-order valence-electron chi connectivity index (χ3n) is 5.80. The predicted molar refractivity (Wildman–Crippen MR) is 115 cm³/mol. The first-order valence-electron chi connectivity index (χ1n) is 10.5. The fourth-order valence-electron chi connectivity index (χ4n) is 4.11. The Morgan fingerprint density at radius 1 is 1.10 bits per heavy atom. The molecule has 0 aliphatic carbocycles. The van der Waals surface area contributed by atoms with E-state index < -0.39 is 22.0 Å². The summed E-state index contributed by atoms with van der Waals surface area (Å²) in [5.41, 5.74) is 0.418. The molecule has 0 unspecified atom stereocenters. The molecule has 4 rings (SSSR count). The molecule has 0 atom stereocenters. The molecular weight excluding hydrogens is 416 g/mol. The molecule has 164 valence electrons. The number of piperidine rings is 1. The molecule has 0 radical (unpaired) electrons. The predicted octanol–water partition coefficient (Wildman–Crippen LogP) is 3.17. The SMILES string of the molecule is CC(C)N1C(=O)c2ccc(C(=O)N3CCC(COc4ccccc4)CC3)cc2S1(=O)=O. The molecule has 7 nitrogen and oxygen atoms in total. The van der Waals surface area contributed by atoms with Gasteiger partial charge < -0.3 is 9.64 Å². The summed E-state index contributed by atoms with van der Waals surface area (Å²) in [5.74, 6) is 0.450. The Bertz CT molecular complexity index is 1090. The second-order valence-corrected chi connectivity index (χ2v) is 10.1. The summed E-state index contributed by atoms with van der Waals surface area (Å²) in [5, 5.41) is 0. The third kappa shape index (κ3) is 4.04. The van der Waals surface area contributed by atoms with E-state index >= 15 is 0 Å². The topological polar surface area (TPSA) is 84.0 Å². The van der Waals surface area contributed by atoms with Crippen LogP contribution in [0.5, 0.6) is 5.75 Å². The van der Waals surface area contributed by atoms with Gasteiger partial charge in [0.25, 0.3) is 21.8 Å². The van der Waals surface area contributed by atoms with Crippen molar-refractivity contribution in [3.8, 4) is 5.75 Å². The Balaban J connectivity index is 1.41. The fraction of sp³-hybridized carbons (Fsp3) is 0.391. The van der Waals surface area contributed by atoms with Gasteiger partial charge in [0.05, 0.1) is 12.2 Å². The minimum Gasteiger partial charge on any atom is -0.493 e. The molecule has 2 heterocycles. The van der Waals surface area contributed by atoms with Gasteiger partial charge in [-0.2, -0.15) is 0 Å². The quantitative estimate of drug-likeness (QED) is 0.710. The molecule has 1 saturated heterocycles. The molecule has 1 fully saturated rings. The maximum absolute atomic E-state index is 13.0. The Kier molecular flexibility index (Phi) is 5.75. The smallest absolute Gasteiger partial charge is 0.269 e. The highest BCUT2D eigenvalue weighted by molar-refractivity contribution is 7.90. The zero-order valence-corrected chi connectivity index (χ0v) is 18.5. The van der Waals surface area contributed by atoms with E-state index in [0.717, 1.165) is 22.9 Å². The van der Waals surface area contributed by atoms with Crippen molar-refractivity contribution in [1.29, 1.82) is 0 Å². The molecule has 2 aromatic carbocycles. The van der Waals surface area contributed by atoms with E-state index in [-0.39, 0.29) is 16.4 Å². The van der Waals surface area contributed by atoms with Crippen LogP contribution in [0.15, 0.2) is 53.4 Å². The van der Waals surface area contributed by atoms with Crippen LogP contribution >= 0.6 is 0 Å². The van der Waals surface area contributed by atoms with Crippen molar-refractivity contribution in [1.82, 2.24) is 9.21 Å². The molecule has 0 bridgehead atoms. The minimum atomic E-state index is -3.93. The molecule has 0 spiro atoms. The minimum absolute atomic E-state index is 0.0804. The number of rotatable bonds is 5. The fourth-order valence-corrected chi connectivity index (χ4v) is 5.90. The number of carbonyl (C=O) groups excluding carboxylic acids is 2. The van der Waals surface area contributed by atoms with Crippen LogP contribution in [0, 0.1) is 5.92 Å². The van der Waals surface area contributed by atoms with Crippen molar-refractivity contribution in [2.75, 3.05) is 19.7 Å². The Morgan fingerprint density at radius 2 is 1.77 bits per heavy atom. The van der Waals surface area contributed by atoms with E-state index in [0.29, 0.717) is 31.2 Å². The average Bonchev–Trinajstić information content (AvgIpc) is 2.97. The van der Waals surface area contributed by atoms with Gasteiger partial charge in [-0.05, 0) is 62.9 Å². The number of nitrogens with zero attached hydrogens (tertiary/aromatic N) is 2. The van der Waals surface area contributed by atoms with Gasteiger partial charge in [-0.3, -0.25) is 9.59 Å². The van der Waals surface area contributed by atoms with Gasteiger partial charge in [-0.1, -0.05) is 18.2 Å². The van der Waals surface area contributed by atoms with Crippen molar-refractivity contribution in [2.45, 2.75) is 37.6 Å². The van der Waals surface area contributed by atoms with Gasteiger partial charge in [0, 0.05) is 24.7 Å². The van der Waals surface area contributed by atoms with Crippen LogP contribution in [-0.2, 0) is 10.0 Å². The number of benzene rings is 2. The summed E-state index contributed by atoms with van der Waals surface area (Å²) in [6.07, 6.45) is 1.64. The summed E-state index contributed by atoms with van der Waals surface area (Å²) < 4.78 is 32.3. The van der Waals surface area contributed by atoms with E-state index in [4.69, 9.17) is 4.74 Å². The normalized spacial score (nSPS) is 18.4. The summed E-state index contributed by atoms with van der Waals surface area (Å²) in [4.78, 5) is 27.1. The summed E-state index contributed by atoms with van der Waals surface area (Å²) in [7, 11) is -3.93. The van der Waals surface area contributed by atoms with Crippen molar-refractivity contribution in [3.05, 3.63) is 59.7 Å². The number of fused-ring (bicyclic) bond motifs is 1. The number of ether oxygens (including phenoxy) is 1. The standard InChI is InChI=1S/C23H26N2O5S/c1-16(2)25-23(27)20-9-8-18(14-21(20)31(25,28)29)22(26)24-12-10-17(11-13-24)15-30-19-6-4-3-5-7-19/h3-9,14,16-17H,10-13,15H2,1-2H3. The number of para-hydroxylation sites is 1. The van der Waals surface area contributed by atoms with E-state index in [9.17, 15) is 18.0 Å². The highest BCUT2D eigenvalue weighted by atomic mass is 32.2. The molecule has 0 saturated carbocycles. The largest absolute Gasteiger partial charge is 0.493 e. The first kappa shape index (κ1) is 21.4. The molecule has 2 aromatic rings. The van der Waals surface area contributed by atoms with Gasteiger partial charge in [-0.15, -0.1) is 0 Å². The van der Waals surface area contributed by atoms with E-state index in [1.54, 1.807) is 24.8 Å². The van der Waals surface area contributed by atoms with Crippen LogP contribution in [0.4, 0.5) is 0 Å². The molecule has 31 heavy (non-hydrogen) atoms. The van der Waals surface area contributed by atoms with Gasteiger partial charge in [-0.25, -0.2) is 12.7 Å². The maximum Gasteiger partial charge on any atom is 0.269 e. The first-order chi connectivity index (χ1) is 14.8. The van der Waals surface area contributed by atoms with Crippen LogP contribution in [0.3, 0.4) is 0 Å². The molecule has 2 amide bonds. The average molecular weight is 443 g/mol. The maximum atomic E-state index is 13.0. The highest BCUT2D eigenvalue weighted by Gasteiger charge is 2.43. The van der Waals surface area contributed by atoms with Crippen LogP contribution in [0.2, 0.25) is 0 Å². The third-order valence-corrected chi connectivity index (χ3v) is 7.79. The van der Waals surface area contributed by atoms with Gasteiger partial charge in [0.1, 0.15) is 10.6 Å². The number of hydrogen-bond acceptors (Lipinski definition) is 5. The van der Waals surface area contributed by atoms with Gasteiger partial charge >= 0.3 is 0 Å². The van der Waals surface area contributed by atoms with E-state index in [2.05, 4.69) is 0 Å². The lowest BCUT2D eigenvalue weighted by Gasteiger charge is -2.32. The number of carbonyl (C=O) groups is 2. The van der Waals surface area contributed by atoms with Crippen LogP contribution in [-0.4, -0.2) is 55.2 Å². The van der Waals surface area contributed by atoms with Crippen molar-refractivity contribution < 1.29 is 22.7 Å². The second-order valence-electron chi connectivity index (χ2n) is 8.27. The lowest BCUT2D eigenvalue weighted by atomic mass is 9.97. The molecular formula is C23H26N2O5S. The molecule has 2 aliphatic rings. The number of amides is 2. The monoisotopic (exact) mass is 442 g/mol. The van der Waals surface area contributed by atoms with Crippen molar-refractivity contribution in [2.24, 2.45) is 5.92 Å². The lowest BCUT2D eigenvalue weighted by Crippen LogP contribution is -2.39. The number of hydrogen-bond donors (Lipinski definition) is 0. The van der Waals surface area contributed by atoms with E-state index in [1.165, 1.54) is 12.1 Å². The molecule has 8 heteroatoms. The first-order valence-corrected chi connectivity index (χ1v) is 11.9. The van der Waals surface area contributed by atoms with Crippen molar-refractivity contribution in [3.63, 3.8) is 0 Å². The Morgan fingerprint density at radius 3 is 2.42 bits per heavy atom. The lowest BCUT2D eigenvalue weighted by molar-refractivity contribution is 0.0660. The van der Waals surface area contributed by atoms with Crippen LogP contribution in [0.25, 0.3) is 0 Å². The summed E-state index contributed by atoms with van der Waals surface area (Å²) in [6, 6.07) is 13.5. The zero-order valence-electron chi connectivity index (χ0n) is 17.7. The summed E-state index contributed by atoms with van der Waals surface area (Å²) in [6.45, 7) is 5.08. The molecule has 0 aromatic heterocycles. The van der Waals surface area contributed by atoms with Crippen LogP contribution in [0.1, 0.15) is 47.4 Å². The Labute approximate surface area is 182 Å². The number of sulfonamides is 1. The van der Waals surface area contributed by atoms with Crippen LogP contribution < -0.4 is 4.74 Å². The zero-order chi connectivity index (χ0) is 22.2. The highest BCUT2D eigenvalue weighted by Crippen LogP contribution is 2.33. The molecule has 2 aliphatic heterocycles. The van der Waals surface area contributed by atoms with Gasteiger partial charge in [0.15, 0.2) is 0 Å². The molecule has 0 N–H and O–H groups in total. The number of likely N-dealkylation sites (tertiary alicyclic amines) is 1. The van der Waals surface area contributed by atoms with Crippen molar-refractivity contribution >= 4 is 21.8 Å². The van der Waals surface area contributed by atoms with E-state index in [1.807, 2.05) is 30.3 Å². The summed E-state index contributed by atoms with van der Waals surface area (Å²) >= 11 is 0.